The van der Waals surface area contributed by atoms with Gasteiger partial charge >= 0.3 is 0 Å². The van der Waals surface area contributed by atoms with Crippen LogP contribution < -0.4 is 9.62 Å². The highest BCUT2D eigenvalue weighted by Gasteiger charge is 2.21. The maximum atomic E-state index is 12.8. The zero-order valence-corrected chi connectivity index (χ0v) is 17.3. The standard InChI is InChI=1S/C22H23N3O3S/c1-16-7-13-20(14-8-16)29(27,28)25(3)19-11-9-18(10-12-19)22(26)24-17(2)21-6-4-5-15-23-21/h4-15,17H,1-3H3,(H,24,26). The molecule has 1 N–H and O–H groups in total. The van der Waals surface area contributed by atoms with Gasteiger partial charge in [0.05, 0.1) is 22.3 Å². The molecule has 6 nitrogen and oxygen atoms in total. The Balaban J connectivity index is 1.73. The Bertz CT molecular complexity index is 1080. The molecule has 1 aromatic heterocycles. The summed E-state index contributed by atoms with van der Waals surface area (Å²) in [5.74, 6) is -0.251. The molecule has 0 bridgehead atoms. The summed E-state index contributed by atoms with van der Waals surface area (Å²) >= 11 is 0. The molecule has 3 aromatic rings. The SMILES string of the molecule is Cc1ccc(S(=O)(=O)N(C)c2ccc(C(=O)NC(C)c3ccccn3)cc2)cc1. The van der Waals surface area contributed by atoms with E-state index in [0.29, 0.717) is 11.3 Å². The predicted octanol–water partition coefficient (Wildman–Crippen LogP) is 3.71. The van der Waals surface area contributed by atoms with Crippen molar-refractivity contribution < 1.29 is 13.2 Å². The molecule has 0 fully saturated rings. The summed E-state index contributed by atoms with van der Waals surface area (Å²) in [6.07, 6.45) is 1.68. The maximum Gasteiger partial charge on any atom is 0.264 e. The quantitative estimate of drug-likeness (QED) is 0.673. The molecule has 0 radical (unpaired) electrons. The Kier molecular flexibility index (Phi) is 5.98. The van der Waals surface area contributed by atoms with E-state index >= 15 is 0 Å². The molecular formula is C22H23N3O3S. The number of hydrogen-bond donors (Lipinski definition) is 1. The topological polar surface area (TPSA) is 79.4 Å². The second-order valence-electron chi connectivity index (χ2n) is 6.78. The lowest BCUT2D eigenvalue weighted by Crippen LogP contribution is -2.28. The number of sulfonamides is 1. The van der Waals surface area contributed by atoms with Gasteiger partial charge in [-0.15, -0.1) is 0 Å². The first kappa shape index (κ1) is 20.5. The summed E-state index contributed by atoms with van der Waals surface area (Å²) < 4.78 is 26.8. The number of amides is 1. The van der Waals surface area contributed by atoms with Crippen molar-refractivity contribution in [2.45, 2.75) is 24.8 Å². The van der Waals surface area contributed by atoms with Crippen LogP contribution in [0, 0.1) is 6.92 Å². The number of nitrogens with one attached hydrogen (secondary N) is 1. The number of nitrogens with zero attached hydrogens (tertiary/aromatic N) is 2. The molecule has 0 aliphatic heterocycles. The first-order chi connectivity index (χ1) is 13.8. The van der Waals surface area contributed by atoms with Crippen molar-refractivity contribution in [2.75, 3.05) is 11.4 Å². The van der Waals surface area contributed by atoms with Crippen LogP contribution in [0.4, 0.5) is 5.69 Å². The van der Waals surface area contributed by atoms with E-state index in [-0.39, 0.29) is 16.8 Å². The van der Waals surface area contributed by atoms with E-state index < -0.39 is 10.0 Å². The van der Waals surface area contributed by atoms with Gasteiger partial charge in [0.15, 0.2) is 0 Å². The van der Waals surface area contributed by atoms with Gasteiger partial charge in [-0.25, -0.2) is 8.42 Å². The van der Waals surface area contributed by atoms with Crippen LogP contribution in [0.1, 0.15) is 34.6 Å². The van der Waals surface area contributed by atoms with Gasteiger partial charge in [-0.2, -0.15) is 0 Å². The molecule has 1 atom stereocenters. The second-order valence-corrected chi connectivity index (χ2v) is 8.75. The molecule has 1 heterocycles. The van der Waals surface area contributed by atoms with Crippen LogP contribution in [0.5, 0.6) is 0 Å². The molecule has 3 rings (SSSR count). The van der Waals surface area contributed by atoms with Crippen LogP contribution >= 0.6 is 0 Å². The number of aromatic nitrogens is 1. The van der Waals surface area contributed by atoms with Gasteiger partial charge in [0.1, 0.15) is 0 Å². The molecule has 7 heteroatoms. The minimum Gasteiger partial charge on any atom is -0.344 e. The van der Waals surface area contributed by atoms with E-state index in [9.17, 15) is 13.2 Å². The van der Waals surface area contributed by atoms with Crippen LogP contribution in [0.15, 0.2) is 77.8 Å². The molecule has 29 heavy (non-hydrogen) atoms. The zero-order valence-electron chi connectivity index (χ0n) is 16.5. The van der Waals surface area contributed by atoms with E-state index in [0.717, 1.165) is 11.3 Å². The summed E-state index contributed by atoms with van der Waals surface area (Å²) in [4.78, 5) is 16.9. The van der Waals surface area contributed by atoms with Gasteiger partial charge in [0, 0.05) is 18.8 Å². The third-order valence-electron chi connectivity index (χ3n) is 4.65. The number of rotatable bonds is 6. The molecule has 0 spiro atoms. The van der Waals surface area contributed by atoms with E-state index in [1.165, 1.54) is 11.4 Å². The number of hydrogen-bond acceptors (Lipinski definition) is 4. The third-order valence-corrected chi connectivity index (χ3v) is 6.45. The third kappa shape index (κ3) is 4.63. The summed E-state index contributed by atoms with van der Waals surface area (Å²) in [5, 5.41) is 2.89. The number of anilines is 1. The zero-order chi connectivity index (χ0) is 21.0. The van der Waals surface area contributed by atoms with Crippen molar-refractivity contribution in [3.8, 4) is 0 Å². The van der Waals surface area contributed by atoms with Crippen molar-refractivity contribution in [3.63, 3.8) is 0 Å². The summed E-state index contributed by atoms with van der Waals surface area (Å²) in [6, 6.07) is 18.4. The number of pyridine rings is 1. The number of carbonyl (C=O) groups is 1. The molecular weight excluding hydrogens is 386 g/mol. The van der Waals surface area contributed by atoms with Gasteiger partial charge in [-0.1, -0.05) is 23.8 Å². The van der Waals surface area contributed by atoms with Gasteiger partial charge in [0.2, 0.25) is 0 Å². The van der Waals surface area contributed by atoms with Crippen molar-refractivity contribution in [2.24, 2.45) is 0 Å². The number of aryl methyl sites for hydroxylation is 1. The molecule has 2 aromatic carbocycles. The Hall–Kier alpha value is -3.19. The average molecular weight is 410 g/mol. The normalized spacial score (nSPS) is 12.2. The lowest BCUT2D eigenvalue weighted by atomic mass is 10.1. The van der Waals surface area contributed by atoms with Crippen molar-refractivity contribution >= 4 is 21.6 Å². The van der Waals surface area contributed by atoms with Crippen LogP contribution in [0.2, 0.25) is 0 Å². The fourth-order valence-electron chi connectivity index (χ4n) is 2.82. The van der Waals surface area contributed by atoms with Crippen LogP contribution in [0.25, 0.3) is 0 Å². The van der Waals surface area contributed by atoms with Gasteiger partial charge in [-0.3, -0.25) is 14.1 Å². The highest BCUT2D eigenvalue weighted by Crippen LogP contribution is 2.23. The van der Waals surface area contributed by atoms with Gasteiger partial charge < -0.3 is 5.32 Å². The van der Waals surface area contributed by atoms with Crippen LogP contribution in [-0.2, 0) is 10.0 Å². The fourth-order valence-corrected chi connectivity index (χ4v) is 4.01. The molecule has 0 saturated carbocycles. The highest BCUT2D eigenvalue weighted by atomic mass is 32.2. The first-order valence-electron chi connectivity index (χ1n) is 9.16. The monoisotopic (exact) mass is 409 g/mol. The van der Waals surface area contributed by atoms with E-state index in [2.05, 4.69) is 10.3 Å². The van der Waals surface area contributed by atoms with Crippen molar-refractivity contribution in [1.29, 1.82) is 0 Å². The lowest BCUT2D eigenvalue weighted by Gasteiger charge is -2.20. The Morgan fingerprint density at radius 2 is 1.66 bits per heavy atom. The fraction of sp³-hybridized carbons (Fsp3) is 0.182. The summed E-state index contributed by atoms with van der Waals surface area (Å²) in [5.41, 5.74) is 2.67. The predicted molar refractivity (Wildman–Crippen MR) is 113 cm³/mol. The van der Waals surface area contributed by atoms with E-state index in [1.54, 1.807) is 54.7 Å². The van der Waals surface area contributed by atoms with E-state index in [4.69, 9.17) is 0 Å². The van der Waals surface area contributed by atoms with Gasteiger partial charge in [-0.05, 0) is 62.4 Å². The molecule has 0 aliphatic carbocycles. The average Bonchev–Trinajstić information content (AvgIpc) is 2.74. The molecule has 0 saturated heterocycles. The number of carbonyl (C=O) groups excluding carboxylic acids is 1. The molecule has 1 unspecified atom stereocenters. The summed E-state index contributed by atoms with van der Waals surface area (Å²) in [7, 11) is -2.18. The van der Waals surface area contributed by atoms with Crippen LogP contribution in [0.3, 0.4) is 0 Å². The lowest BCUT2D eigenvalue weighted by molar-refractivity contribution is 0.0939. The molecule has 1 amide bonds. The van der Waals surface area contributed by atoms with E-state index in [1.807, 2.05) is 32.0 Å². The molecule has 0 aliphatic rings. The minimum atomic E-state index is -3.67. The largest absolute Gasteiger partial charge is 0.344 e. The minimum absolute atomic E-state index is 0.219. The van der Waals surface area contributed by atoms with Gasteiger partial charge in [0.25, 0.3) is 15.9 Å². The second kappa shape index (κ2) is 8.45. The maximum absolute atomic E-state index is 12.8. The van der Waals surface area contributed by atoms with Crippen LogP contribution in [-0.4, -0.2) is 26.4 Å². The Labute approximate surface area is 171 Å². The summed E-state index contributed by atoms with van der Waals surface area (Å²) in [6.45, 7) is 3.76. The smallest absolute Gasteiger partial charge is 0.264 e. The molecule has 150 valence electrons. The Morgan fingerprint density at radius 3 is 2.24 bits per heavy atom. The van der Waals surface area contributed by atoms with Crippen molar-refractivity contribution in [3.05, 3.63) is 89.7 Å². The highest BCUT2D eigenvalue weighted by molar-refractivity contribution is 7.92. The first-order valence-corrected chi connectivity index (χ1v) is 10.6. The van der Waals surface area contributed by atoms with Crippen molar-refractivity contribution in [1.82, 2.24) is 10.3 Å². The Morgan fingerprint density at radius 1 is 1.00 bits per heavy atom. The number of benzene rings is 2.